The summed E-state index contributed by atoms with van der Waals surface area (Å²) < 4.78 is 19.5. The second-order valence-corrected chi connectivity index (χ2v) is 11.1. The summed E-state index contributed by atoms with van der Waals surface area (Å²) in [5.41, 5.74) is 0.376. The van der Waals surface area contributed by atoms with E-state index in [4.69, 9.17) is 4.52 Å². The van der Waals surface area contributed by atoms with Gasteiger partial charge in [0.2, 0.25) is 19.2 Å². The Kier molecular flexibility index (Phi) is 7.18. The predicted molar refractivity (Wildman–Crippen MR) is 114 cm³/mol. The van der Waals surface area contributed by atoms with E-state index in [9.17, 15) is 14.2 Å². The molecule has 1 unspecified atom stereocenters. The summed E-state index contributed by atoms with van der Waals surface area (Å²) in [7, 11) is -2.99. The molecule has 7 heteroatoms. The fourth-order valence-electron chi connectivity index (χ4n) is 4.44. The monoisotopic (exact) mass is 420 g/mol. The van der Waals surface area contributed by atoms with Crippen LogP contribution in [-0.4, -0.2) is 53.9 Å². The number of aryl methyl sites for hydroxylation is 1. The van der Waals surface area contributed by atoms with E-state index in [0.29, 0.717) is 38.7 Å². The Balaban J connectivity index is 1.72. The topological polar surface area (TPSA) is 66.9 Å². The Hall–Kier alpha value is -1.65. The molecule has 0 aliphatic carbocycles. The molecule has 6 nitrogen and oxygen atoms in total. The minimum absolute atomic E-state index is 0.00269. The zero-order valence-electron chi connectivity index (χ0n) is 17.6. The maximum absolute atomic E-state index is 13.7. The number of hydrogen-bond donors (Lipinski definition) is 0. The Morgan fingerprint density at radius 2 is 1.79 bits per heavy atom. The molecule has 1 aromatic rings. The maximum atomic E-state index is 13.7. The lowest BCUT2D eigenvalue weighted by Crippen LogP contribution is -2.55. The van der Waals surface area contributed by atoms with Crippen molar-refractivity contribution in [3.63, 3.8) is 0 Å². The predicted octanol–water partition coefficient (Wildman–Crippen LogP) is 4.10. The van der Waals surface area contributed by atoms with Crippen LogP contribution in [0.5, 0.6) is 0 Å². The number of rotatable bonds is 8. The van der Waals surface area contributed by atoms with Crippen molar-refractivity contribution in [2.45, 2.75) is 52.4 Å². The first-order valence-corrected chi connectivity index (χ1v) is 12.8. The lowest BCUT2D eigenvalue weighted by atomic mass is 9.86. The number of hydrazine groups is 1. The van der Waals surface area contributed by atoms with Crippen molar-refractivity contribution in [3.8, 4) is 0 Å². The average molecular weight is 420 g/mol. The molecule has 2 saturated heterocycles. The minimum atomic E-state index is -2.99. The summed E-state index contributed by atoms with van der Waals surface area (Å²) in [6.07, 6.45) is 4.80. The summed E-state index contributed by atoms with van der Waals surface area (Å²) in [6.45, 7) is 5.23. The van der Waals surface area contributed by atoms with Gasteiger partial charge in [0.05, 0.1) is 12.0 Å². The Morgan fingerprint density at radius 3 is 2.48 bits per heavy atom. The molecular weight excluding hydrogens is 387 g/mol. The smallest absolute Gasteiger partial charge is 0.247 e. The summed E-state index contributed by atoms with van der Waals surface area (Å²) in [4.78, 5) is 25.9. The van der Waals surface area contributed by atoms with Gasteiger partial charge in [0.25, 0.3) is 0 Å². The number of benzene rings is 1. The van der Waals surface area contributed by atoms with Gasteiger partial charge in [-0.15, -0.1) is 0 Å². The van der Waals surface area contributed by atoms with Gasteiger partial charge in [0.15, 0.2) is 0 Å². The number of nitrogens with zero attached hydrogens (tertiary/aromatic N) is 2. The Labute approximate surface area is 174 Å². The van der Waals surface area contributed by atoms with E-state index in [0.717, 1.165) is 25.7 Å². The Bertz CT molecular complexity index is 769. The van der Waals surface area contributed by atoms with Gasteiger partial charge in [0, 0.05) is 31.8 Å². The van der Waals surface area contributed by atoms with Gasteiger partial charge in [0.1, 0.15) is 0 Å². The molecule has 29 heavy (non-hydrogen) atoms. The van der Waals surface area contributed by atoms with Crippen LogP contribution in [0.25, 0.3) is 0 Å². The largest absolute Gasteiger partial charge is 0.329 e. The molecule has 160 valence electrons. The number of carbonyl (C=O) groups excluding carboxylic acids is 2. The standard InChI is InChI=1S/C22H33N2O4P/c1-3-28-29(27,17-9-12-19-10-5-4-6-11-19)18-22(2)14-13-20(25)23-15-7-8-16-24(23)21(22)26/h4-6,10-11H,3,7-9,12-18H2,1-2H3/t22-,29?/m1/s1. The van der Waals surface area contributed by atoms with E-state index < -0.39 is 12.8 Å². The third-order valence-electron chi connectivity index (χ3n) is 5.97. The fourth-order valence-corrected chi connectivity index (χ4v) is 7.28. The van der Waals surface area contributed by atoms with Crippen molar-refractivity contribution in [3.05, 3.63) is 35.9 Å². The Morgan fingerprint density at radius 1 is 1.10 bits per heavy atom. The summed E-state index contributed by atoms with van der Waals surface area (Å²) in [5, 5.41) is 3.22. The number of amides is 2. The van der Waals surface area contributed by atoms with Crippen molar-refractivity contribution in [1.29, 1.82) is 0 Å². The first kappa shape index (κ1) is 22.0. The second kappa shape index (κ2) is 9.44. The fraction of sp³-hybridized carbons (Fsp3) is 0.636. The molecule has 2 fully saturated rings. The quantitative estimate of drug-likeness (QED) is 0.594. The molecule has 0 spiro atoms. The molecule has 2 amide bonds. The second-order valence-electron chi connectivity index (χ2n) is 8.42. The SMILES string of the molecule is CCOP(=O)(CCCc1ccccc1)C[C@@]1(C)CCC(=O)N2CCCCN2C1=O. The highest BCUT2D eigenvalue weighted by Gasteiger charge is 2.47. The van der Waals surface area contributed by atoms with E-state index in [-0.39, 0.29) is 18.0 Å². The normalized spacial score (nSPS) is 24.8. The van der Waals surface area contributed by atoms with Gasteiger partial charge in [-0.2, -0.15) is 0 Å². The molecule has 0 N–H and O–H groups in total. The van der Waals surface area contributed by atoms with Crippen LogP contribution in [0.3, 0.4) is 0 Å². The molecule has 2 heterocycles. The van der Waals surface area contributed by atoms with Crippen molar-refractivity contribution >= 4 is 19.2 Å². The first-order valence-electron chi connectivity index (χ1n) is 10.8. The highest BCUT2D eigenvalue weighted by molar-refractivity contribution is 7.59. The molecule has 0 saturated carbocycles. The van der Waals surface area contributed by atoms with Crippen LogP contribution in [-0.2, 0) is 25.1 Å². The highest BCUT2D eigenvalue weighted by Crippen LogP contribution is 2.54. The van der Waals surface area contributed by atoms with Gasteiger partial charge >= 0.3 is 0 Å². The first-order chi connectivity index (χ1) is 13.9. The number of carbonyl (C=O) groups is 2. The molecule has 1 aromatic carbocycles. The zero-order valence-corrected chi connectivity index (χ0v) is 18.5. The van der Waals surface area contributed by atoms with E-state index >= 15 is 0 Å². The van der Waals surface area contributed by atoms with Gasteiger partial charge in [-0.1, -0.05) is 37.3 Å². The van der Waals surface area contributed by atoms with Crippen LogP contribution in [0.1, 0.15) is 51.5 Å². The molecule has 0 radical (unpaired) electrons. The third kappa shape index (κ3) is 5.29. The highest BCUT2D eigenvalue weighted by atomic mass is 31.2. The van der Waals surface area contributed by atoms with Crippen LogP contribution < -0.4 is 0 Å². The van der Waals surface area contributed by atoms with Crippen LogP contribution in [0.15, 0.2) is 30.3 Å². The van der Waals surface area contributed by atoms with E-state index in [2.05, 4.69) is 12.1 Å². The maximum Gasteiger partial charge on any atom is 0.247 e. The molecule has 0 bridgehead atoms. The van der Waals surface area contributed by atoms with Crippen LogP contribution >= 0.6 is 7.37 Å². The third-order valence-corrected chi connectivity index (χ3v) is 8.88. The summed E-state index contributed by atoms with van der Waals surface area (Å²) in [6, 6.07) is 10.1. The van der Waals surface area contributed by atoms with Crippen LogP contribution in [0.4, 0.5) is 0 Å². The van der Waals surface area contributed by atoms with Gasteiger partial charge < -0.3 is 4.52 Å². The molecule has 3 rings (SSSR count). The lowest BCUT2D eigenvalue weighted by molar-refractivity contribution is -0.169. The zero-order chi connectivity index (χ0) is 20.9. The summed E-state index contributed by atoms with van der Waals surface area (Å²) in [5.74, 6) is -0.0804. The van der Waals surface area contributed by atoms with Crippen LogP contribution in [0, 0.1) is 5.41 Å². The molecule has 0 aromatic heterocycles. The number of hydrogen-bond acceptors (Lipinski definition) is 4. The number of fused-ring (bicyclic) bond motifs is 1. The lowest BCUT2D eigenvalue weighted by Gasteiger charge is -2.40. The van der Waals surface area contributed by atoms with Crippen molar-refractivity contribution in [2.24, 2.45) is 5.41 Å². The van der Waals surface area contributed by atoms with E-state index in [1.165, 1.54) is 5.56 Å². The molecule has 2 aliphatic heterocycles. The summed E-state index contributed by atoms with van der Waals surface area (Å²) >= 11 is 0. The van der Waals surface area contributed by atoms with Crippen molar-refractivity contribution in [2.75, 3.05) is 32.0 Å². The minimum Gasteiger partial charge on any atom is -0.329 e. The van der Waals surface area contributed by atoms with Crippen molar-refractivity contribution < 1.29 is 18.7 Å². The molecular formula is C22H33N2O4P. The van der Waals surface area contributed by atoms with Gasteiger partial charge in [-0.05, 0) is 44.6 Å². The van der Waals surface area contributed by atoms with E-state index in [1.54, 1.807) is 10.0 Å². The van der Waals surface area contributed by atoms with Crippen molar-refractivity contribution in [1.82, 2.24) is 10.0 Å². The average Bonchev–Trinajstić information content (AvgIpc) is 2.80. The van der Waals surface area contributed by atoms with Gasteiger partial charge in [-0.25, -0.2) is 0 Å². The van der Waals surface area contributed by atoms with E-state index in [1.807, 2.05) is 32.0 Å². The van der Waals surface area contributed by atoms with Gasteiger partial charge in [-0.3, -0.25) is 24.2 Å². The van der Waals surface area contributed by atoms with Crippen LogP contribution in [0.2, 0.25) is 0 Å². The molecule has 2 atom stereocenters. The molecule has 2 aliphatic rings.